The molecule has 0 saturated carbocycles. The van der Waals surface area contributed by atoms with Gasteiger partial charge in [-0.2, -0.15) is 0 Å². The van der Waals surface area contributed by atoms with Gasteiger partial charge in [0.1, 0.15) is 0 Å². The summed E-state index contributed by atoms with van der Waals surface area (Å²) in [5.74, 6) is 1.08. The maximum absolute atomic E-state index is 12.0. The first-order valence-electron chi connectivity index (χ1n) is 12.4. The van der Waals surface area contributed by atoms with Gasteiger partial charge >= 0.3 is 0 Å². The van der Waals surface area contributed by atoms with E-state index in [-0.39, 0.29) is 35.9 Å². The molecule has 184 valence electrons. The molecule has 2 N–H and O–H groups in total. The number of hydrogen-bond acceptors (Lipinski definition) is 3. The van der Waals surface area contributed by atoms with E-state index in [9.17, 15) is 4.79 Å². The number of carbonyl (C=O) groups is 1. The summed E-state index contributed by atoms with van der Waals surface area (Å²) in [5, 5.41) is 6.95. The van der Waals surface area contributed by atoms with E-state index in [1.165, 1.54) is 29.7 Å². The van der Waals surface area contributed by atoms with Gasteiger partial charge < -0.3 is 20.4 Å². The number of nitrogens with zero attached hydrogens (tertiary/aromatic N) is 3. The zero-order valence-corrected chi connectivity index (χ0v) is 22.8. The fourth-order valence-corrected chi connectivity index (χ4v) is 4.66. The average molecular weight is 576 g/mol. The second kappa shape index (κ2) is 13.0. The molecule has 1 unspecified atom stereocenters. The molecular weight excluding hydrogens is 537 g/mol. The van der Waals surface area contributed by atoms with Crippen molar-refractivity contribution in [2.75, 3.05) is 31.1 Å². The number of aliphatic imine (C=N–C) groups is 1. The van der Waals surface area contributed by atoms with Crippen LogP contribution in [-0.4, -0.2) is 42.9 Å². The van der Waals surface area contributed by atoms with Crippen molar-refractivity contribution in [2.24, 2.45) is 4.99 Å². The zero-order chi connectivity index (χ0) is 23.0. The van der Waals surface area contributed by atoms with Gasteiger partial charge in [-0.3, -0.25) is 4.79 Å². The molecule has 7 heteroatoms. The summed E-state index contributed by atoms with van der Waals surface area (Å²) in [6, 6.07) is 17.4. The Bertz CT molecular complexity index is 973. The third-order valence-electron chi connectivity index (χ3n) is 6.49. The standard InChI is InChI=1S/C27H37N5O.HI/c1-3-28-27(30-21(2)24-11-7-12-25(18-24)31-14-4-5-15-31)29-19-22-9-6-10-23(17-22)20-32-16-8-13-26(32)33;/h6-7,9-12,17-18,21H,3-5,8,13-16,19-20H2,1-2H3,(H2,28,29,30);1H. The van der Waals surface area contributed by atoms with E-state index in [1.807, 2.05) is 4.90 Å². The van der Waals surface area contributed by atoms with Gasteiger partial charge in [0.2, 0.25) is 5.91 Å². The monoisotopic (exact) mass is 575 g/mol. The Morgan fingerprint density at radius 2 is 1.79 bits per heavy atom. The zero-order valence-electron chi connectivity index (χ0n) is 20.4. The largest absolute Gasteiger partial charge is 0.372 e. The molecule has 0 aromatic heterocycles. The van der Waals surface area contributed by atoms with Crippen LogP contribution in [0, 0.1) is 0 Å². The summed E-state index contributed by atoms with van der Waals surface area (Å²) < 4.78 is 0. The quantitative estimate of drug-likeness (QED) is 0.269. The van der Waals surface area contributed by atoms with Gasteiger partial charge in [-0.05, 0) is 61.9 Å². The summed E-state index contributed by atoms with van der Waals surface area (Å²) >= 11 is 0. The van der Waals surface area contributed by atoms with E-state index in [2.05, 4.69) is 77.9 Å². The van der Waals surface area contributed by atoms with Crippen LogP contribution in [-0.2, 0) is 17.9 Å². The van der Waals surface area contributed by atoms with Crippen LogP contribution in [0.5, 0.6) is 0 Å². The second-order valence-electron chi connectivity index (χ2n) is 9.09. The van der Waals surface area contributed by atoms with Crippen LogP contribution >= 0.6 is 24.0 Å². The van der Waals surface area contributed by atoms with E-state index in [1.54, 1.807) is 0 Å². The lowest BCUT2D eigenvalue weighted by molar-refractivity contribution is -0.128. The molecule has 2 aliphatic heterocycles. The third kappa shape index (κ3) is 7.10. The fourth-order valence-electron chi connectivity index (χ4n) is 4.66. The third-order valence-corrected chi connectivity index (χ3v) is 6.49. The number of guanidine groups is 1. The van der Waals surface area contributed by atoms with Crippen LogP contribution in [0.25, 0.3) is 0 Å². The minimum absolute atomic E-state index is 0. The summed E-state index contributed by atoms with van der Waals surface area (Å²) in [4.78, 5) is 21.2. The minimum atomic E-state index is 0. The Hall–Kier alpha value is -2.29. The molecule has 4 rings (SSSR count). The molecule has 0 bridgehead atoms. The maximum Gasteiger partial charge on any atom is 0.222 e. The van der Waals surface area contributed by atoms with Crippen LogP contribution in [0.1, 0.15) is 62.3 Å². The summed E-state index contributed by atoms with van der Waals surface area (Å²) in [6.07, 6.45) is 4.22. The van der Waals surface area contributed by atoms with Crippen LogP contribution in [0.15, 0.2) is 53.5 Å². The summed E-state index contributed by atoms with van der Waals surface area (Å²) in [5.41, 5.74) is 4.90. The van der Waals surface area contributed by atoms with Crippen molar-refractivity contribution in [3.05, 3.63) is 65.2 Å². The molecule has 1 atom stereocenters. The fraction of sp³-hybridized carbons (Fsp3) is 0.481. The topological polar surface area (TPSA) is 60.0 Å². The predicted molar refractivity (Wildman–Crippen MR) is 151 cm³/mol. The number of likely N-dealkylation sites (tertiary alicyclic amines) is 1. The minimum Gasteiger partial charge on any atom is -0.372 e. The number of benzene rings is 2. The van der Waals surface area contributed by atoms with Crippen molar-refractivity contribution in [3.8, 4) is 0 Å². The first-order valence-corrected chi connectivity index (χ1v) is 12.4. The van der Waals surface area contributed by atoms with E-state index in [4.69, 9.17) is 4.99 Å². The summed E-state index contributed by atoms with van der Waals surface area (Å²) in [7, 11) is 0. The molecule has 2 aromatic carbocycles. The number of anilines is 1. The van der Waals surface area contributed by atoms with E-state index in [0.29, 0.717) is 19.5 Å². The van der Waals surface area contributed by atoms with Crippen LogP contribution in [0.3, 0.4) is 0 Å². The van der Waals surface area contributed by atoms with Crippen LogP contribution < -0.4 is 15.5 Å². The van der Waals surface area contributed by atoms with Crippen molar-refractivity contribution in [3.63, 3.8) is 0 Å². The van der Waals surface area contributed by atoms with Gasteiger partial charge in [-0.15, -0.1) is 24.0 Å². The highest BCUT2D eigenvalue weighted by Gasteiger charge is 2.20. The van der Waals surface area contributed by atoms with Crippen molar-refractivity contribution in [1.82, 2.24) is 15.5 Å². The molecule has 2 heterocycles. The van der Waals surface area contributed by atoms with E-state index >= 15 is 0 Å². The smallest absolute Gasteiger partial charge is 0.222 e. The molecule has 2 saturated heterocycles. The number of amides is 1. The highest BCUT2D eigenvalue weighted by atomic mass is 127. The molecule has 1 amide bonds. The molecule has 34 heavy (non-hydrogen) atoms. The lowest BCUT2D eigenvalue weighted by Gasteiger charge is -2.22. The SMILES string of the molecule is CCNC(=NCc1cccc(CN2CCCC2=O)c1)NC(C)c1cccc(N2CCCC2)c1.I. The molecular formula is C27H38IN5O. The predicted octanol–water partition coefficient (Wildman–Crippen LogP) is 4.84. The van der Waals surface area contributed by atoms with E-state index < -0.39 is 0 Å². The number of halogens is 1. The van der Waals surface area contributed by atoms with Gasteiger partial charge in [0, 0.05) is 44.8 Å². The number of nitrogens with one attached hydrogen (secondary N) is 2. The highest BCUT2D eigenvalue weighted by Crippen LogP contribution is 2.24. The van der Waals surface area contributed by atoms with Gasteiger partial charge in [0.15, 0.2) is 5.96 Å². The van der Waals surface area contributed by atoms with E-state index in [0.717, 1.165) is 44.1 Å². The molecule has 0 radical (unpaired) electrons. The van der Waals surface area contributed by atoms with Crippen molar-refractivity contribution < 1.29 is 4.79 Å². The van der Waals surface area contributed by atoms with Gasteiger partial charge in [0.25, 0.3) is 0 Å². The Kier molecular flexibility index (Phi) is 10.0. The van der Waals surface area contributed by atoms with Crippen LogP contribution in [0.4, 0.5) is 5.69 Å². The number of carbonyl (C=O) groups excluding carboxylic acids is 1. The molecule has 6 nitrogen and oxygen atoms in total. The van der Waals surface area contributed by atoms with Gasteiger partial charge in [-0.1, -0.05) is 36.4 Å². The van der Waals surface area contributed by atoms with Crippen molar-refractivity contribution >= 4 is 41.5 Å². The molecule has 0 aliphatic carbocycles. The molecule has 0 spiro atoms. The van der Waals surface area contributed by atoms with Gasteiger partial charge in [-0.25, -0.2) is 4.99 Å². The van der Waals surface area contributed by atoms with Gasteiger partial charge in [0.05, 0.1) is 12.6 Å². The summed E-state index contributed by atoms with van der Waals surface area (Å²) in [6.45, 7) is 9.54. The van der Waals surface area contributed by atoms with Crippen molar-refractivity contribution in [2.45, 2.75) is 58.7 Å². The normalized spacial score (nSPS) is 17.0. The second-order valence-corrected chi connectivity index (χ2v) is 9.09. The molecule has 2 aromatic rings. The Morgan fingerprint density at radius 1 is 1.03 bits per heavy atom. The average Bonchev–Trinajstić information content (AvgIpc) is 3.50. The lowest BCUT2D eigenvalue weighted by atomic mass is 10.1. The van der Waals surface area contributed by atoms with Crippen molar-refractivity contribution in [1.29, 1.82) is 0 Å². The first kappa shape index (κ1) is 26.3. The maximum atomic E-state index is 12.0. The lowest BCUT2D eigenvalue weighted by Crippen LogP contribution is -2.38. The highest BCUT2D eigenvalue weighted by molar-refractivity contribution is 14.0. The number of hydrogen-bond donors (Lipinski definition) is 2. The van der Waals surface area contributed by atoms with Crippen LogP contribution in [0.2, 0.25) is 0 Å². The Balaban J connectivity index is 0.00000324. The Morgan fingerprint density at radius 3 is 2.53 bits per heavy atom. The number of rotatable bonds is 8. The first-order chi connectivity index (χ1) is 16.1. The molecule has 2 fully saturated rings. The molecule has 2 aliphatic rings. The Labute approximate surface area is 221 Å².